The average molecular weight is 431 g/mol. The molecule has 0 aliphatic rings. The number of nitrogens with one attached hydrogen (secondary N) is 1. The Labute approximate surface area is 179 Å². The Hall–Kier alpha value is -2.51. The summed E-state index contributed by atoms with van der Waals surface area (Å²) in [4.78, 5) is 12.2. The molecule has 2 aromatic carbocycles. The summed E-state index contributed by atoms with van der Waals surface area (Å²) in [7, 11) is 1.65. The van der Waals surface area contributed by atoms with E-state index in [0.29, 0.717) is 18.0 Å². The number of methoxy groups -OCH3 is 1. The Bertz CT molecular complexity index is 942. The number of nitrogens with zero attached hydrogens (tertiary/aromatic N) is 3. The van der Waals surface area contributed by atoms with Gasteiger partial charge in [0.15, 0.2) is 5.16 Å². The van der Waals surface area contributed by atoms with E-state index < -0.39 is 0 Å². The molecule has 1 heterocycles. The van der Waals surface area contributed by atoms with Crippen LogP contribution in [0, 0.1) is 0 Å². The molecule has 0 saturated heterocycles. The van der Waals surface area contributed by atoms with Gasteiger partial charge < -0.3 is 14.6 Å². The summed E-state index contributed by atoms with van der Waals surface area (Å²) in [6.45, 7) is 3.26. The fourth-order valence-corrected chi connectivity index (χ4v) is 3.76. The van der Waals surface area contributed by atoms with Gasteiger partial charge in [-0.15, -0.1) is 10.2 Å². The number of rotatable bonds is 9. The van der Waals surface area contributed by atoms with Crippen molar-refractivity contribution in [3.05, 3.63) is 70.5 Å². The summed E-state index contributed by atoms with van der Waals surface area (Å²) >= 11 is 7.27. The highest BCUT2D eigenvalue weighted by Gasteiger charge is 2.13. The first kappa shape index (κ1) is 21.2. The van der Waals surface area contributed by atoms with Crippen molar-refractivity contribution in [3.8, 4) is 5.75 Å². The summed E-state index contributed by atoms with van der Waals surface area (Å²) in [5.41, 5.74) is 2.14. The molecule has 0 unspecified atom stereocenters. The van der Waals surface area contributed by atoms with Gasteiger partial charge in [-0.2, -0.15) is 0 Å². The van der Waals surface area contributed by atoms with Crippen LogP contribution in [0.5, 0.6) is 5.75 Å². The van der Waals surface area contributed by atoms with Gasteiger partial charge >= 0.3 is 0 Å². The second-order valence-corrected chi connectivity index (χ2v) is 7.74. The van der Waals surface area contributed by atoms with E-state index in [1.54, 1.807) is 7.11 Å². The fraction of sp³-hybridized carbons (Fsp3) is 0.286. The van der Waals surface area contributed by atoms with Crippen LogP contribution in [0.25, 0.3) is 0 Å². The summed E-state index contributed by atoms with van der Waals surface area (Å²) in [5.74, 6) is 1.94. The highest BCUT2D eigenvalue weighted by molar-refractivity contribution is 7.99. The normalized spacial score (nSPS) is 10.7. The van der Waals surface area contributed by atoms with Crippen LogP contribution in [-0.4, -0.2) is 33.5 Å². The minimum Gasteiger partial charge on any atom is -0.497 e. The van der Waals surface area contributed by atoms with E-state index in [2.05, 4.69) is 15.5 Å². The maximum absolute atomic E-state index is 12.2. The van der Waals surface area contributed by atoms with Crippen molar-refractivity contribution >= 4 is 29.3 Å². The molecule has 1 N–H and O–H groups in total. The van der Waals surface area contributed by atoms with Crippen molar-refractivity contribution in [2.75, 3.05) is 12.9 Å². The average Bonchev–Trinajstić information content (AvgIpc) is 3.13. The van der Waals surface area contributed by atoms with Gasteiger partial charge in [0.25, 0.3) is 0 Å². The molecule has 0 aliphatic carbocycles. The lowest BCUT2D eigenvalue weighted by Crippen LogP contribution is -2.24. The Morgan fingerprint density at radius 1 is 1.10 bits per heavy atom. The number of benzene rings is 2. The highest BCUT2D eigenvalue weighted by atomic mass is 35.5. The van der Waals surface area contributed by atoms with Crippen molar-refractivity contribution in [2.45, 2.75) is 31.6 Å². The Morgan fingerprint density at radius 2 is 1.79 bits per heavy atom. The zero-order chi connectivity index (χ0) is 20.6. The number of amides is 1. The van der Waals surface area contributed by atoms with Crippen LogP contribution in [0.2, 0.25) is 5.02 Å². The Morgan fingerprint density at radius 3 is 2.45 bits per heavy atom. The van der Waals surface area contributed by atoms with Gasteiger partial charge in [0.1, 0.15) is 11.6 Å². The molecule has 0 bridgehead atoms. The highest BCUT2D eigenvalue weighted by Crippen LogP contribution is 2.20. The lowest BCUT2D eigenvalue weighted by molar-refractivity contribution is -0.118. The maximum atomic E-state index is 12.2. The maximum Gasteiger partial charge on any atom is 0.230 e. The van der Waals surface area contributed by atoms with Gasteiger partial charge in [-0.25, -0.2) is 0 Å². The number of hydrogen-bond donors (Lipinski definition) is 1. The third-order valence-electron chi connectivity index (χ3n) is 4.37. The molecule has 152 valence electrons. The number of ether oxygens (including phenoxy) is 1. The molecule has 29 heavy (non-hydrogen) atoms. The van der Waals surface area contributed by atoms with Crippen molar-refractivity contribution in [1.29, 1.82) is 0 Å². The minimum absolute atomic E-state index is 0.0488. The van der Waals surface area contributed by atoms with E-state index in [1.165, 1.54) is 11.8 Å². The topological polar surface area (TPSA) is 69.0 Å². The largest absolute Gasteiger partial charge is 0.497 e. The molecule has 6 nitrogen and oxygen atoms in total. The van der Waals surface area contributed by atoms with E-state index in [4.69, 9.17) is 16.3 Å². The molecular formula is C21H23ClN4O2S. The number of carbonyl (C=O) groups excluding carboxylic acids is 1. The standard InChI is InChI=1S/C21H23ClN4O2S/c1-3-26-19(12-15-6-10-18(28-2)11-7-15)24-25-21(26)29-14-20(27)23-13-16-4-8-17(22)9-5-16/h4-11H,3,12-14H2,1-2H3,(H,23,27). The quantitative estimate of drug-likeness (QED) is 0.520. The number of hydrogen-bond acceptors (Lipinski definition) is 5. The van der Waals surface area contributed by atoms with Crippen molar-refractivity contribution in [2.24, 2.45) is 0 Å². The molecule has 3 aromatic rings. The molecule has 0 fully saturated rings. The first-order valence-corrected chi connectivity index (χ1v) is 10.6. The third kappa shape index (κ3) is 5.98. The molecule has 8 heteroatoms. The first-order valence-electron chi connectivity index (χ1n) is 9.28. The van der Waals surface area contributed by atoms with E-state index in [9.17, 15) is 4.79 Å². The monoisotopic (exact) mass is 430 g/mol. The van der Waals surface area contributed by atoms with Crippen LogP contribution in [0.3, 0.4) is 0 Å². The third-order valence-corrected chi connectivity index (χ3v) is 5.59. The van der Waals surface area contributed by atoms with Gasteiger partial charge in [-0.05, 0) is 42.3 Å². The van der Waals surface area contributed by atoms with Crippen molar-refractivity contribution in [3.63, 3.8) is 0 Å². The molecule has 3 rings (SSSR count). The lowest BCUT2D eigenvalue weighted by atomic mass is 10.1. The van der Waals surface area contributed by atoms with Crippen molar-refractivity contribution < 1.29 is 9.53 Å². The molecular weight excluding hydrogens is 408 g/mol. The second kappa shape index (κ2) is 10.3. The van der Waals surface area contributed by atoms with Crippen molar-refractivity contribution in [1.82, 2.24) is 20.1 Å². The predicted molar refractivity (Wildman–Crippen MR) is 116 cm³/mol. The summed E-state index contributed by atoms with van der Waals surface area (Å²) in [6, 6.07) is 15.3. The molecule has 0 atom stereocenters. The molecule has 0 aliphatic heterocycles. The van der Waals surface area contributed by atoms with Crippen LogP contribution in [0.4, 0.5) is 0 Å². The zero-order valence-electron chi connectivity index (χ0n) is 16.4. The molecule has 1 amide bonds. The summed E-state index contributed by atoms with van der Waals surface area (Å²) in [6.07, 6.45) is 0.675. The molecule has 1 aromatic heterocycles. The SMILES string of the molecule is CCn1c(Cc2ccc(OC)cc2)nnc1SCC(=O)NCc1ccc(Cl)cc1. The summed E-state index contributed by atoms with van der Waals surface area (Å²) in [5, 5.41) is 12.9. The van der Waals surface area contributed by atoms with Crippen LogP contribution in [0.1, 0.15) is 23.9 Å². The van der Waals surface area contributed by atoms with Gasteiger partial charge in [-0.1, -0.05) is 47.6 Å². The minimum atomic E-state index is -0.0488. The first-order chi connectivity index (χ1) is 14.1. The molecule has 0 radical (unpaired) electrons. The van der Waals surface area contributed by atoms with Crippen LogP contribution >= 0.6 is 23.4 Å². The number of thioether (sulfide) groups is 1. The Balaban J connectivity index is 1.55. The van der Waals surface area contributed by atoms with Crippen LogP contribution < -0.4 is 10.1 Å². The van der Waals surface area contributed by atoms with Gasteiger partial charge in [0.2, 0.25) is 5.91 Å². The molecule has 0 spiro atoms. The fourth-order valence-electron chi connectivity index (χ4n) is 2.78. The number of aromatic nitrogens is 3. The molecule has 0 saturated carbocycles. The Kier molecular flexibility index (Phi) is 7.55. The van der Waals surface area contributed by atoms with Gasteiger partial charge in [-0.3, -0.25) is 4.79 Å². The smallest absolute Gasteiger partial charge is 0.230 e. The second-order valence-electron chi connectivity index (χ2n) is 6.36. The van der Waals surface area contributed by atoms with E-state index in [0.717, 1.165) is 34.4 Å². The van der Waals surface area contributed by atoms with Crippen LogP contribution in [0.15, 0.2) is 53.7 Å². The number of halogens is 1. The van der Waals surface area contributed by atoms with E-state index in [-0.39, 0.29) is 11.7 Å². The van der Waals surface area contributed by atoms with E-state index >= 15 is 0 Å². The predicted octanol–water partition coefficient (Wildman–Crippen LogP) is 3.96. The van der Waals surface area contributed by atoms with E-state index in [1.807, 2.05) is 60.0 Å². The van der Waals surface area contributed by atoms with Gasteiger partial charge in [0, 0.05) is 24.5 Å². The summed E-state index contributed by atoms with van der Waals surface area (Å²) < 4.78 is 7.24. The lowest BCUT2D eigenvalue weighted by Gasteiger charge is -2.08. The number of carbonyl (C=O) groups is 1. The zero-order valence-corrected chi connectivity index (χ0v) is 18.0. The van der Waals surface area contributed by atoms with Gasteiger partial charge in [0.05, 0.1) is 12.9 Å². The van der Waals surface area contributed by atoms with Crippen LogP contribution in [-0.2, 0) is 24.3 Å².